The van der Waals surface area contributed by atoms with Gasteiger partial charge in [-0.25, -0.2) is 0 Å². The van der Waals surface area contributed by atoms with Crippen molar-refractivity contribution in [1.82, 2.24) is 0 Å². The molecular weight excluding hydrogens is 339 g/mol. The van der Waals surface area contributed by atoms with Crippen molar-refractivity contribution in [3.8, 4) is 0 Å². The third-order valence-corrected chi connectivity index (χ3v) is 6.50. The van der Waals surface area contributed by atoms with Crippen molar-refractivity contribution in [3.63, 3.8) is 0 Å². The molecule has 0 amide bonds. The zero-order valence-corrected chi connectivity index (χ0v) is 17.7. The van der Waals surface area contributed by atoms with E-state index in [1.54, 1.807) is 0 Å². The van der Waals surface area contributed by atoms with Crippen LogP contribution in [0.25, 0.3) is 0 Å². The van der Waals surface area contributed by atoms with E-state index in [2.05, 4.69) is 106 Å². The zero-order valence-electron chi connectivity index (χ0n) is 17.7. The summed E-state index contributed by atoms with van der Waals surface area (Å²) in [5, 5.41) is 0. The number of nitrogens with zero attached hydrogens (tertiary/aromatic N) is 2. The summed E-state index contributed by atoms with van der Waals surface area (Å²) in [4.78, 5) is 4.74. The van der Waals surface area contributed by atoms with E-state index in [1.165, 1.54) is 50.3 Å². The van der Waals surface area contributed by atoms with Gasteiger partial charge in [0.15, 0.2) is 0 Å². The molecule has 5 rings (SSSR count). The topological polar surface area (TPSA) is 6.48 Å². The van der Waals surface area contributed by atoms with Crippen molar-refractivity contribution >= 4 is 45.9 Å². The SMILES string of the molecule is Cc1ccc2c(c1)N(C)c1cccc3c1B2c1ccc(C(C)(C)C)cc1N3C. The highest BCUT2D eigenvalue weighted by molar-refractivity contribution is 7.00. The Hall–Kier alpha value is -2.68. The fourth-order valence-corrected chi connectivity index (χ4v) is 4.89. The summed E-state index contributed by atoms with van der Waals surface area (Å²) in [7, 11) is 4.41. The number of aryl methyl sites for hydroxylation is 1. The molecule has 28 heavy (non-hydrogen) atoms. The van der Waals surface area contributed by atoms with Crippen LogP contribution in [0.1, 0.15) is 31.9 Å². The first kappa shape index (κ1) is 17.4. The molecule has 2 nitrogen and oxygen atoms in total. The van der Waals surface area contributed by atoms with Crippen LogP contribution in [0.15, 0.2) is 54.6 Å². The molecule has 0 saturated heterocycles. The normalized spacial score (nSPS) is 14.6. The van der Waals surface area contributed by atoms with Crippen molar-refractivity contribution in [2.45, 2.75) is 33.1 Å². The second-order valence-corrected chi connectivity index (χ2v) is 9.35. The van der Waals surface area contributed by atoms with Gasteiger partial charge < -0.3 is 9.80 Å². The van der Waals surface area contributed by atoms with E-state index < -0.39 is 0 Å². The lowest BCUT2D eigenvalue weighted by atomic mass is 9.33. The lowest BCUT2D eigenvalue weighted by molar-refractivity contribution is 0.590. The summed E-state index contributed by atoms with van der Waals surface area (Å²) in [6.07, 6.45) is 0. The van der Waals surface area contributed by atoms with Crippen LogP contribution in [0.4, 0.5) is 22.7 Å². The average molecular weight is 366 g/mol. The summed E-state index contributed by atoms with van der Waals surface area (Å²) in [5.41, 5.74) is 12.4. The van der Waals surface area contributed by atoms with Crippen LogP contribution in [0.3, 0.4) is 0 Å². The van der Waals surface area contributed by atoms with E-state index in [0.29, 0.717) is 6.71 Å². The lowest BCUT2D eigenvalue weighted by Crippen LogP contribution is -2.61. The van der Waals surface area contributed by atoms with Crippen molar-refractivity contribution in [1.29, 1.82) is 0 Å². The third kappa shape index (κ3) is 2.29. The molecule has 3 aromatic rings. The smallest absolute Gasteiger partial charge is 0.252 e. The van der Waals surface area contributed by atoms with E-state index in [-0.39, 0.29) is 5.41 Å². The first-order valence-electron chi connectivity index (χ1n) is 10.1. The maximum absolute atomic E-state index is 2.40. The summed E-state index contributed by atoms with van der Waals surface area (Å²) < 4.78 is 0. The molecule has 3 aromatic carbocycles. The summed E-state index contributed by atoms with van der Waals surface area (Å²) in [6, 6.07) is 20.7. The highest BCUT2D eigenvalue weighted by Crippen LogP contribution is 2.37. The fraction of sp³-hybridized carbons (Fsp3) is 0.280. The number of hydrogen-bond acceptors (Lipinski definition) is 2. The number of fused-ring (bicyclic) bond motifs is 4. The Kier molecular flexibility index (Phi) is 3.53. The first-order chi connectivity index (χ1) is 13.3. The Morgan fingerprint density at radius 3 is 1.89 bits per heavy atom. The fourth-order valence-electron chi connectivity index (χ4n) is 4.89. The third-order valence-electron chi connectivity index (χ3n) is 6.50. The summed E-state index contributed by atoms with van der Waals surface area (Å²) >= 11 is 0. The van der Waals surface area contributed by atoms with Gasteiger partial charge in [0.2, 0.25) is 0 Å². The summed E-state index contributed by atoms with van der Waals surface area (Å²) in [6.45, 7) is 9.34. The minimum atomic E-state index is 0.139. The maximum atomic E-state index is 2.40. The van der Waals surface area contributed by atoms with Gasteiger partial charge in [-0.3, -0.25) is 0 Å². The van der Waals surface area contributed by atoms with Crippen LogP contribution in [-0.4, -0.2) is 20.8 Å². The second-order valence-electron chi connectivity index (χ2n) is 9.35. The minimum Gasteiger partial charge on any atom is -0.345 e. The van der Waals surface area contributed by atoms with Crippen molar-refractivity contribution in [2.75, 3.05) is 23.9 Å². The van der Waals surface area contributed by atoms with E-state index in [0.717, 1.165) is 0 Å². The Bertz CT molecular complexity index is 1110. The van der Waals surface area contributed by atoms with Crippen LogP contribution in [-0.2, 0) is 5.41 Å². The standard InChI is InChI=1S/C25H27BN2/c1-16-10-12-18-22(14-16)27(5)20-8-7-9-21-24(20)26(18)19-13-11-17(25(2,3)4)15-23(19)28(21)6/h7-15H,1-6H3. The summed E-state index contributed by atoms with van der Waals surface area (Å²) in [5.74, 6) is 0. The van der Waals surface area contributed by atoms with Gasteiger partial charge in [-0.1, -0.05) is 51.1 Å². The number of rotatable bonds is 0. The van der Waals surface area contributed by atoms with Gasteiger partial charge in [0.05, 0.1) is 0 Å². The van der Waals surface area contributed by atoms with E-state index in [1.807, 2.05) is 0 Å². The Balaban J connectivity index is 1.83. The second kappa shape index (κ2) is 5.67. The minimum absolute atomic E-state index is 0.139. The number of hydrogen-bond donors (Lipinski definition) is 0. The Morgan fingerprint density at radius 2 is 1.29 bits per heavy atom. The molecule has 0 radical (unpaired) electrons. The molecule has 2 aliphatic heterocycles. The molecule has 140 valence electrons. The molecule has 0 N–H and O–H groups in total. The van der Waals surface area contributed by atoms with Gasteiger partial charge in [-0.15, -0.1) is 0 Å². The number of benzene rings is 3. The molecule has 0 atom stereocenters. The van der Waals surface area contributed by atoms with E-state index in [9.17, 15) is 0 Å². The molecular formula is C25H27BN2. The van der Waals surface area contributed by atoms with Crippen molar-refractivity contribution in [2.24, 2.45) is 0 Å². The predicted octanol–water partition coefficient (Wildman–Crippen LogP) is 3.97. The molecule has 0 aliphatic carbocycles. The van der Waals surface area contributed by atoms with Crippen molar-refractivity contribution in [3.05, 3.63) is 65.7 Å². The molecule has 0 spiro atoms. The predicted molar refractivity (Wildman–Crippen MR) is 124 cm³/mol. The molecule has 0 unspecified atom stereocenters. The maximum Gasteiger partial charge on any atom is 0.252 e. The van der Waals surface area contributed by atoms with Crippen LogP contribution in [0, 0.1) is 6.92 Å². The molecule has 0 fully saturated rings. The first-order valence-corrected chi connectivity index (χ1v) is 10.1. The van der Waals surface area contributed by atoms with Gasteiger partial charge in [-0.05, 0) is 64.1 Å². The van der Waals surface area contributed by atoms with E-state index in [4.69, 9.17) is 0 Å². The highest BCUT2D eigenvalue weighted by Gasteiger charge is 2.40. The monoisotopic (exact) mass is 366 g/mol. The van der Waals surface area contributed by atoms with Gasteiger partial charge in [0.25, 0.3) is 6.71 Å². The molecule has 0 aromatic heterocycles. The van der Waals surface area contributed by atoms with Crippen LogP contribution >= 0.6 is 0 Å². The van der Waals surface area contributed by atoms with Crippen LogP contribution in [0.2, 0.25) is 0 Å². The van der Waals surface area contributed by atoms with Crippen LogP contribution in [0.5, 0.6) is 0 Å². The van der Waals surface area contributed by atoms with Crippen LogP contribution < -0.4 is 26.2 Å². The highest BCUT2D eigenvalue weighted by atomic mass is 15.1. The van der Waals surface area contributed by atoms with Gasteiger partial charge in [0.1, 0.15) is 0 Å². The number of anilines is 4. The molecule has 0 bridgehead atoms. The van der Waals surface area contributed by atoms with E-state index >= 15 is 0 Å². The van der Waals surface area contributed by atoms with Crippen molar-refractivity contribution < 1.29 is 0 Å². The Labute approximate surface area is 168 Å². The molecule has 2 aliphatic rings. The quantitative estimate of drug-likeness (QED) is 0.556. The van der Waals surface area contributed by atoms with Gasteiger partial charge >= 0.3 is 0 Å². The molecule has 0 saturated carbocycles. The largest absolute Gasteiger partial charge is 0.345 e. The molecule has 2 heterocycles. The Morgan fingerprint density at radius 1 is 0.714 bits per heavy atom. The molecule has 3 heteroatoms. The van der Waals surface area contributed by atoms with Gasteiger partial charge in [0, 0.05) is 36.8 Å². The lowest BCUT2D eigenvalue weighted by Gasteiger charge is -2.42. The van der Waals surface area contributed by atoms with Gasteiger partial charge in [-0.2, -0.15) is 0 Å². The zero-order chi connectivity index (χ0) is 19.8. The average Bonchev–Trinajstić information content (AvgIpc) is 2.66.